The lowest BCUT2D eigenvalue weighted by molar-refractivity contribution is 0.256. The first-order valence-corrected chi connectivity index (χ1v) is 7.25. The Morgan fingerprint density at radius 1 is 1.35 bits per heavy atom. The Balaban J connectivity index is 1.77. The van der Waals surface area contributed by atoms with Gasteiger partial charge in [-0.1, -0.05) is 12.1 Å². The zero-order chi connectivity index (χ0) is 13.9. The van der Waals surface area contributed by atoms with E-state index in [4.69, 9.17) is 9.68 Å². The second kappa shape index (κ2) is 5.73. The standard InChI is InChI=1S/C14H13BrN4O/c15-12-4-2-1-3-11(12)14-18-17-13(20-14)9-19(8-7-16)10-5-6-10/h1-4,10H,5-6,8-9H2. The third-order valence-corrected chi connectivity index (χ3v) is 3.94. The molecule has 20 heavy (non-hydrogen) atoms. The zero-order valence-corrected chi connectivity index (χ0v) is 12.4. The Hall–Kier alpha value is -1.71. The molecule has 5 nitrogen and oxygen atoms in total. The lowest BCUT2D eigenvalue weighted by atomic mass is 10.2. The Bertz CT molecular complexity index is 645. The van der Waals surface area contributed by atoms with Crippen molar-refractivity contribution in [2.24, 2.45) is 0 Å². The summed E-state index contributed by atoms with van der Waals surface area (Å²) in [6, 6.07) is 10.4. The third kappa shape index (κ3) is 2.89. The van der Waals surface area contributed by atoms with Crippen LogP contribution in [-0.2, 0) is 6.54 Å². The molecule has 0 atom stereocenters. The Morgan fingerprint density at radius 3 is 2.85 bits per heavy atom. The van der Waals surface area contributed by atoms with Crippen molar-refractivity contribution in [2.75, 3.05) is 6.54 Å². The third-order valence-electron chi connectivity index (χ3n) is 3.25. The molecule has 1 aromatic heterocycles. The highest BCUT2D eigenvalue weighted by molar-refractivity contribution is 9.10. The van der Waals surface area contributed by atoms with Crippen LogP contribution in [0.3, 0.4) is 0 Å². The second-order valence-corrected chi connectivity index (χ2v) is 5.63. The molecule has 0 unspecified atom stereocenters. The van der Waals surface area contributed by atoms with Gasteiger partial charge in [0.25, 0.3) is 0 Å². The maximum absolute atomic E-state index is 8.85. The van der Waals surface area contributed by atoms with Crippen LogP contribution in [0.2, 0.25) is 0 Å². The molecule has 1 aliphatic carbocycles. The van der Waals surface area contributed by atoms with E-state index >= 15 is 0 Å². The first kappa shape index (κ1) is 13.3. The van der Waals surface area contributed by atoms with Crippen molar-refractivity contribution in [1.29, 1.82) is 5.26 Å². The fourth-order valence-corrected chi connectivity index (χ4v) is 2.53. The fourth-order valence-electron chi connectivity index (χ4n) is 2.08. The van der Waals surface area contributed by atoms with E-state index in [1.54, 1.807) is 0 Å². The lowest BCUT2D eigenvalue weighted by Gasteiger charge is -2.15. The summed E-state index contributed by atoms with van der Waals surface area (Å²) in [7, 11) is 0. The fraction of sp³-hybridized carbons (Fsp3) is 0.357. The number of nitriles is 1. The summed E-state index contributed by atoms with van der Waals surface area (Å²) < 4.78 is 6.62. The Labute approximate surface area is 125 Å². The lowest BCUT2D eigenvalue weighted by Crippen LogP contribution is -2.25. The van der Waals surface area contributed by atoms with Gasteiger partial charge in [0, 0.05) is 10.5 Å². The van der Waals surface area contributed by atoms with Gasteiger partial charge in [-0.25, -0.2) is 0 Å². The summed E-state index contributed by atoms with van der Waals surface area (Å²) in [6.07, 6.45) is 2.29. The maximum atomic E-state index is 8.85. The van der Waals surface area contributed by atoms with E-state index in [2.05, 4.69) is 37.1 Å². The quantitative estimate of drug-likeness (QED) is 0.787. The first-order valence-electron chi connectivity index (χ1n) is 6.46. The average Bonchev–Trinajstić information content (AvgIpc) is 3.20. The molecule has 3 rings (SSSR count). The van der Waals surface area contributed by atoms with Crippen LogP contribution >= 0.6 is 15.9 Å². The number of nitrogens with zero attached hydrogens (tertiary/aromatic N) is 4. The van der Waals surface area contributed by atoms with E-state index < -0.39 is 0 Å². The highest BCUT2D eigenvalue weighted by Crippen LogP contribution is 2.29. The van der Waals surface area contributed by atoms with Gasteiger partial charge < -0.3 is 4.42 Å². The van der Waals surface area contributed by atoms with Crippen LogP contribution in [-0.4, -0.2) is 27.7 Å². The van der Waals surface area contributed by atoms with Crippen LogP contribution in [0.5, 0.6) is 0 Å². The molecule has 1 saturated carbocycles. The molecule has 0 bridgehead atoms. The second-order valence-electron chi connectivity index (χ2n) is 4.78. The summed E-state index contributed by atoms with van der Waals surface area (Å²) in [5.74, 6) is 1.05. The summed E-state index contributed by atoms with van der Waals surface area (Å²) in [4.78, 5) is 2.08. The van der Waals surface area contributed by atoms with Gasteiger partial charge in [-0.15, -0.1) is 10.2 Å². The topological polar surface area (TPSA) is 66.0 Å². The van der Waals surface area contributed by atoms with Crippen LogP contribution < -0.4 is 0 Å². The molecule has 0 amide bonds. The van der Waals surface area contributed by atoms with Crippen molar-refractivity contribution in [3.63, 3.8) is 0 Å². The first-order chi connectivity index (χ1) is 9.78. The molecule has 1 fully saturated rings. The molecule has 2 aromatic rings. The minimum absolute atomic E-state index is 0.400. The smallest absolute Gasteiger partial charge is 0.248 e. The van der Waals surface area contributed by atoms with Crippen LogP contribution in [0.1, 0.15) is 18.7 Å². The average molecular weight is 333 g/mol. The Morgan fingerprint density at radius 2 is 2.15 bits per heavy atom. The molecule has 102 valence electrons. The summed E-state index contributed by atoms with van der Waals surface area (Å²) in [5.41, 5.74) is 0.879. The molecule has 0 N–H and O–H groups in total. The molecular formula is C14H13BrN4O. The summed E-state index contributed by atoms with van der Waals surface area (Å²) >= 11 is 3.47. The number of benzene rings is 1. The van der Waals surface area contributed by atoms with E-state index in [1.807, 2.05) is 24.3 Å². The molecule has 1 aromatic carbocycles. The number of halogens is 1. The van der Waals surface area contributed by atoms with E-state index in [0.717, 1.165) is 22.9 Å². The van der Waals surface area contributed by atoms with E-state index in [1.165, 1.54) is 0 Å². The monoisotopic (exact) mass is 332 g/mol. The highest BCUT2D eigenvalue weighted by atomic mass is 79.9. The molecule has 0 aliphatic heterocycles. The Kier molecular flexibility index (Phi) is 3.81. The molecule has 0 spiro atoms. The van der Waals surface area contributed by atoms with Gasteiger partial charge in [0.2, 0.25) is 11.8 Å². The number of rotatable bonds is 5. The van der Waals surface area contributed by atoms with Crippen molar-refractivity contribution in [1.82, 2.24) is 15.1 Å². The SMILES string of the molecule is N#CCN(Cc1nnc(-c2ccccc2Br)o1)C1CC1. The van der Waals surface area contributed by atoms with Crippen molar-refractivity contribution < 1.29 is 4.42 Å². The maximum Gasteiger partial charge on any atom is 0.248 e. The number of aromatic nitrogens is 2. The van der Waals surface area contributed by atoms with Gasteiger partial charge in [-0.3, -0.25) is 4.90 Å². The van der Waals surface area contributed by atoms with Crippen molar-refractivity contribution in [2.45, 2.75) is 25.4 Å². The molecule has 0 saturated heterocycles. The minimum atomic E-state index is 0.400. The van der Waals surface area contributed by atoms with Gasteiger partial charge in [-0.2, -0.15) is 5.26 Å². The molecule has 1 heterocycles. The molecule has 0 radical (unpaired) electrons. The van der Waals surface area contributed by atoms with Crippen molar-refractivity contribution >= 4 is 15.9 Å². The molecule has 6 heteroatoms. The largest absolute Gasteiger partial charge is 0.419 e. The minimum Gasteiger partial charge on any atom is -0.419 e. The normalized spacial score (nSPS) is 14.4. The van der Waals surface area contributed by atoms with Crippen LogP contribution in [0.15, 0.2) is 33.2 Å². The van der Waals surface area contributed by atoms with Gasteiger partial charge in [-0.05, 0) is 40.9 Å². The van der Waals surface area contributed by atoms with E-state index in [-0.39, 0.29) is 0 Å². The zero-order valence-electron chi connectivity index (χ0n) is 10.8. The number of hydrogen-bond acceptors (Lipinski definition) is 5. The number of hydrogen-bond donors (Lipinski definition) is 0. The van der Waals surface area contributed by atoms with Gasteiger partial charge in [0.1, 0.15) is 0 Å². The van der Waals surface area contributed by atoms with Crippen LogP contribution in [0, 0.1) is 11.3 Å². The van der Waals surface area contributed by atoms with E-state index in [9.17, 15) is 0 Å². The van der Waals surface area contributed by atoms with Gasteiger partial charge >= 0.3 is 0 Å². The molecular weight excluding hydrogens is 320 g/mol. The van der Waals surface area contributed by atoms with Crippen molar-refractivity contribution in [3.05, 3.63) is 34.6 Å². The summed E-state index contributed by atoms with van der Waals surface area (Å²) in [5, 5.41) is 17.0. The van der Waals surface area contributed by atoms with Gasteiger partial charge in [0.15, 0.2) is 0 Å². The van der Waals surface area contributed by atoms with Crippen molar-refractivity contribution in [3.8, 4) is 17.5 Å². The highest BCUT2D eigenvalue weighted by Gasteiger charge is 2.30. The predicted molar refractivity (Wildman–Crippen MR) is 76.5 cm³/mol. The van der Waals surface area contributed by atoms with Gasteiger partial charge in [0.05, 0.1) is 24.7 Å². The van der Waals surface area contributed by atoms with E-state index in [0.29, 0.717) is 30.9 Å². The molecule has 1 aliphatic rings. The van der Waals surface area contributed by atoms with Crippen LogP contribution in [0.25, 0.3) is 11.5 Å². The van der Waals surface area contributed by atoms with Crippen LogP contribution in [0.4, 0.5) is 0 Å². The summed E-state index contributed by atoms with van der Waals surface area (Å²) in [6.45, 7) is 0.938. The predicted octanol–water partition coefficient (Wildman–Crippen LogP) is 2.99.